The molecular formula is C17H22N4O. The van der Waals surface area contributed by atoms with Crippen molar-refractivity contribution < 1.29 is 4.74 Å². The van der Waals surface area contributed by atoms with Crippen molar-refractivity contribution in [2.45, 2.75) is 19.4 Å². The van der Waals surface area contributed by atoms with E-state index in [0.29, 0.717) is 0 Å². The minimum atomic E-state index is 0.0186. The number of anilines is 1. The number of hydrogen-bond donors (Lipinski definition) is 2. The highest BCUT2D eigenvalue weighted by Gasteiger charge is 2.18. The fourth-order valence-corrected chi connectivity index (χ4v) is 2.58. The van der Waals surface area contributed by atoms with E-state index in [-0.39, 0.29) is 6.10 Å². The van der Waals surface area contributed by atoms with Crippen molar-refractivity contribution >= 4 is 5.82 Å². The molecule has 2 N–H and O–H groups in total. The van der Waals surface area contributed by atoms with Crippen molar-refractivity contribution in [1.29, 1.82) is 0 Å². The van der Waals surface area contributed by atoms with Gasteiger partial charge in [0.1, 0.15) is 17.7 Å². The molecule has 1 saturated heterocycles. The van der Waals surface area contributed by atoms with E-state index in [4.69, 9.17) is 4.74 Å². The second kappa shape index (κ2) is 7.33. The predicted octanol–water partition coefficient (Wildman–Crippen LogP) is 2.10. The summed E-state index contributed by atoms with van der Waals surface area (Å²) in [7, 11) is 0. The van der Waals surface area contributed by atoms with Gasteiger partial charge < -0.3 is 15.4 Å². The Morgan fingerprint density at radius 1 is 1.27 bits per heavy atom. The second-order valence-corrected chi connectivity index (χ2v) is 5.45. The zero-order valence-electron chi connectivity index (χ0n) is 12.9. The number of nitrogens with one attached hydrogen (secondary N) is 2. The van der Waals surface area contributed by atoms with Crippen LogP contribution in [0.15, 0.2) is 36.4 Å². The third-order valence-corrected chi connectivity index (χ3v) is 3.68. The lowest BCUT2D eigenvalue weighted by Crippen LogP contribution is -2.34. The van der Waals surface area contributed by atoms with Gasteiger partial charge in [0.15, 0.2) is 0 Å². The molecule has 1 aromatic heterocycles. The van der Waals surface area contributed by atoms with Gasteiger partial charge in [0.05, 0.1) is 12.3 Å². The molecule has 0 aliphatic carbocycles. The zero-order chi connectivity index (χ0) is 15.2. The summed E-state index contributed by atoms with van der Waals surface area (Å²) in [5.41, 5.74) is 2.27. The number of benzene rings is 1. The molecule has 1 aromatic carbocycles. The molecule has 3 rings (SSSR count). The highest BCUT2D eigenvalue weighted by molar-refractivity contribution is 5.37. The van der Waals surface area contributed by atoms with Gasteiger partial charge in [-0.3, -0.25) is 0 Å². The third kappa shape index (κ3) is 4.02. The first-order chi connectivity index (χ1) is 10.8. The Balaban J connectivity index is 1.62. The Labute approximate surface area is 131 Å². The van der Waals surface area contributed by atoms with Crippen molar-refractivity contribution in [2.24, 2.45) is 0 Å². The molecule has 1 aliphatic heterocycles. The maximum absolute atomic E-state index is 5.77. The summed E-state index contributed by atoms with van der Waals surface area (Å²) in [5.74, 6) is 1.64. The van der Waals surface area contributed by atoms with Crippen molar-refractivity contribution in [3.8, 4) is 0 Å². The van der Waals surface area contributed by atoms with Gasteiger partial charge in [0.2, 0.25) is 0 Å². The summed E-state index contributed by atoms with van der Waals surface area (Å²) in [6.07, 6.45) is 0.992. The van der Waals surface area contributed by atoms with Crippen LogP contribution >= 0.6 is 0 Å². The topological polar surface area (TPSA) is 59.1 Å². The van der Waals surface area contributed by atoms with E-state index < -0.39 is 0 Å². The van der Waals surface area contributed by atoms with Crippen molar-refractivity contribution in [3.63, 3.8) is 0 Å². The van der Waals surface area contributed by atoms with Crippen LogP contribution in [0.2, 0.25) is 0 Å². The van der Waals surface area contributed by atoms with Crippen LogP contribution in [-0.4, -0.2) is 36.2 Å². The van der Waals surface area contributed by atoms with Crippen LogP contribution in [0.4, 0.5) is 5.82 Å². The Kier molecular flexibility index (Phi) is 4.98. The quantitative estimate of drug-likeness (QED) is 0.885. The van der Waals surface area contributed by atoms with Gasteiger partial charge in [0.25, 0.3) is 0 Å². The van der Waals surface area contributed by atoms with Crippen LogP contribution in [0.3, 0.4) is 0 Å². The van der Waals surface area contributed by atoms with Crippen LogP contribution < -0.4 is 10.6 Å². The van der Waals surface area contributed by atoms with Gasteiger partial charge in [-0.1, -0.05) is 30.3 Å². The summed E-state index contributed by atoms with van der Waals surface area (Å²) < 4.78 is 5.77. The number of rotatable bonds is 5. The van der Waals surface area contributed by atoms with Gasteiger partial charge in [-0.15, -0.1) is 0 Å². The molecule has 2 heterocycles. The molecule has 1 atom stereocenters. The highest BCUT2D eigenvalue weighted by atomic mass is 16.5. The van der Waals surface area contributed by atoms with E-state index in [1.54, 1.807) is 0 Å². The first-order valence-electron chi connectivity index (χ1n) is 7.77. The summed E-state index contributed by atoms with van der Waals surface area (Å²) in [6, 6.07) is 12.4. The molecule has 5 heteroatoms. The average Bonchev–Trinajstić information content (AvgIpc) is 2.56. The lowest BCUT2D eigenvalue weighted by Gasteiger charge is -2.23. The van der Waals surface area contributed by atoms with E-state index in [0.717, 1.165) is 50.0 Å². The molecule has 1 aliphatic rings. The van der Waals surface area contributed by atoms with Crippen LogP contribution in [-0.2, 0) is 11.2 Å². The van der Waals surface area contributed by atoms with Gasteiger partial charge in [-0.25, -0.2) is 9.97 Å². The molecule has 0 bridgehead atoms. The van der Waals surface area contributed by atoms with Crippen LogP contribution in [0, 0.1) is 6.92 Å². The molecule has 0 amide bonds. The maximum Gasteiger partial charge on any atom is 0.130 e. The summed E-state index contributed by atoms with van der Waals surface area (Å²) in [5, 5.41) is 6.72. The number of morpholine rings is 1. The first kappa shape index (κ1) is 14.9. The smallest absolute Gasteiger partial charge is 0.130 e. The van der Waals surface area contributed by atoms with Gasteiger partial charge in [0, 0.05) is 25.7 Å². The van der Waals surface area contributed by atoms with Gasteiger partial charge in [-0.05, 0) is 18.9 Å². The SMILES string of the molecule is Cc1nc(NCCc2ccccc2)cc(C2CNCCO2)n1. The predicted molar refractivity (Wildman–Crippen MR) is 87.0 cm³/mol. The lowest BCUT2D eigenvalue weighted by atomic mass is 10.1. The molecule has 5 nitrogen and oxygen atoms in total. The average molecular weight is 298 g/mol. The summed E-state index contributed by atoms with van der Waals surface area (Å²) in [6.45, 7) is 5.21. The number of hydrogen-bond acceptors (Lipinski definition) is 5. The third-order valence-electron chi connectivity index (χ3n) is 3.68. The molecule has 1 fully saturated rings. The largest absolute Gasteiger partial charge is 0.370 e. The standard InChI is InChI=1S/C17H22N4O/c1-13-20-15(16-12-18-9-10-22-16)11-17(21-13)19-8-7-14-5-3-2-4-6-14/h2-6,11,16,18H,7-10,12H2,1H3,(H,19,20,21). The highest BCUT2D eigenvalue weighted by Crippen LogP contribution is 2.19. The van der Waals surface area contributed by atoms with Crippen molar-refractivity contribution in [2.75, 3.05) is 31.6 Å². The van der Waals surface area contributed by atoms with E-state index >= 15 is 0 Å². The summed E-state index contributed by atoms with van der Waals surface area (Å²) in [4.78, 5) is 8.97. The van der Waals surface area contributed by atoms with E-state index in [1.165, 1.54) is 5.56 Å². The Hall–Kier alpha value is -1.98. The first-order valence-corrected chi connectivity index (χ1v) is 7.77. The fraction of sp³-hybridized carbons (Fsp3) is 0.412. The minimum Gasteiger partial charge on any atom is -0.370 e. The number of nitrogens with zero attached hydrogens (tertiary/aromatic N) is 2. The van der Waals surface area contributed by atoms with Crippen LogP contribution in [0.1, 0.15) is 23.2 Å². The fourth-order valence-electron chi connectivity index (χ4n) is 2.58. The summed E-state index contributed by atoms with van der Waals surface area (Å²) >= 11 is 0. The Morgan fingerprint density at radius 3 is 2.91 bits per heavy atom. The van der Waals surface area contributed by atoms with Crippen molar-refractivity contribution in [1.82, 2.24) is 15.3 Å². The normalized spacial score (nSPS) is 18.1. The van der Waals surface area contributed by atoms with Gasteiger partial charge in [-0.2, -0.15) is 0 Å². The number of ether oxygens (including phenoxy) is 1. The zero-order valence-corrected chi connectivity index (χ0v) is 12.9. The molecule has 0 spiro atoms. The second-order valence-electron chi connectivity index (χ2n) is 5.45. The monoisotopic (exact) mass is 298 g/mol. The minimum absolute atomic E-state index is 0.0186. The molecule has 116 valence electrons. The number of aryl methyl sites for hydroxylation is 1. The number of aromatic nitrogens is 2. The van der Waals surface area contributed by atoms with E-state index in [2.05, 4.69) is 44.9 Å². The van der Waals surface area contributed by atoms with Crippen LogP contribution in [0.5, 0.6) is 0 Å². The van der Waals surface area contributed by atoms with Gasteiger partial charge >= 0.3 is 0 Å². The van der Waals surface area contributed by atoms with Crippen molar-refractivity contribution in [3.05, 3.63) is 53.5 Å². The molecular weight excluding hydrogens is 276 g/mol. The molecule has 1 unspecified atom stereocenters. The van der Waals surface area contributed by atoms with E-state index in [9.17, 15) is 0 Å². The molecule has 2 aromatic rings. The Bertz CT molecular complexity index is 597. The Morgan fingerprint density at radius 2 is 2.14 bits per heavy atom. The van der Waals surface area contributed by atoms with Crippen LogP contribution in [0.25, 0.3) is 0 Å². The maximum atomic E-state index is 5.77. The molecule has 0 saturated carbocycles. The lowest BCUT2D eigenvalue weighted by molar-refractivity contribution is 0.0249. The molecule has 22 heavy (non-hydrogen) atoms. The molecule has 0 radical (unpaired) electrons. The van der Waals surface area contributed by atoms with E-state index in [1.807, 2.05) is 19.1 Å².